The lowest BCUT2D eigenvalue weighted by atomic mass is 9.86. The molecule has 26 heavy (non-hydrogen) atoms. The summed E-state index contributed by atoms with van der Waals surface area (Å²) in [6.07, 6.45) is -6.68. The number of nitrogens with zero attached hydrogens (tertiary/aromatic N) is 1. The Morgan fingerprint density at radius 1 is 1.35 bits per heavy atom. The molecule has 1 fully saturated rings. The molecule has 0 spiro atoms. The summed E-state index contributed by atoms with van der Waals surface area (Å²) >= 11 is 5.87. The number of aliphatic carboxylic acids is 1. The second-order valence-electron chi connectivity index (χ2n) is 6.63. The fourth-order valence-electron chi connectivity index (χ4n) is 2.86. The topological polar surface area (TPSA) is 66.8 Å². The lowest BCUT2D eigenvalue weighted by molar-refractivity contribution is -0.227. The summed E-state index contributed by atoms with van der Waals surface area (Å²) in [7, 11) is 0. The van der Waals surface area contributed by atoms with Gasteiger partial charge in [-0.05, 0) is 30.5 Å². The third-order valence-electron chi connectivity index (χ3n) is 4.44. The molecule has 5 nitrogen and oxygen atoms in total. The highest BCUT2D eigenvalue weighted by Crippen LogP contribution is 2.46. The molecular formula is C17H19ClF3NO4. The lowest BCUT2D eigenvalue weighted by Crippen LogP contribution is -2.50. The van der Waals surface area contributed by atoms with Crippen LogP contribution in [0.2, 0.25) is 5.02 Å². The SMILES string of the molecule is CC(C)C(Oc1cccc(Cl)c1)C(=O)N1CCC(C(=O)O)(C(F)(F)F)C1. The third kappa shape index (κ3) is 3.90. The quantitative estimate of drug-likeness (QED) is 0.830. The molecule has 1 aliphatic heterocycles. The second kappa shape index (κ2) is 7.34. The Morgan fingerprint density at radius 3 is 2.46 bits per heavy atom. The van der Waals surface area contributed by atoms with E-state index in [1.54, 1.807) is 32.0 Å². The molecule has 0 aromatic heterocycles. The average molecular weight is 394 g/mol. The highest BCUT2D eigenvalue weighted by atomic mass is 35.5. The summed E-state index contributed by atoms with van der Waals surface area (Å²) in [5, 5.41) is 9.50. The van der Waals surface area contributed by atoms with Crippen LogP contribution in [0, 0.1) is 11.3 Å². The monoisotopic (exact) mass is 393 g/mol. The van der Waals surface area contributed by atoms with Gasteiger partial charge < -0.3 is 14.7 Å². The van der Waals surface area contributed by atoms with Crippen molar-refractivity contribution in [1.82, 2.24) is 4.90 Å². The predicted molar refractivity (Wildman–Crippen MR) is 88.0 cm³/mol. The van der Waals surface area contributed by atoms with Crippen molar-refractivity contribution in [2.75, 3.05) is 13.1 Å². The molecule has 1 heterocycles. The van der Waals surface area contributed by atoms with E-state index in [0.29, 0.717) is 10.8 Å². The molecule has 1 aromatic rings. The normalized spacial score (nSPS) is 21.7. The first-order valence-electron chi connectivity index (χ1n) is 7.99. The van der Waals surface area contributed by atoms with Gasteiger partial charge in [-0.2, -0.15) is 13.2 Å². The van der Waals surface area contributed by atoms with E-state index in [-0.39, 0.29) is 12.5 Å². The van der Waals surface area contributed by atoms with Crippen molar-refractivity contribution >= 4 is 23.5 Å². The van der Waals surface area contributed by atoms with Crippen LogP contribution < -0.4 is 4.74 Å². The van der Waals surface area contributed by atoms with E-state index < -0.39 is 42.5 Å². The first-order chi connectivity index (χ1) is 12.0. The van der Waals surface area contributed by atoms with E-state index in [4.69, 9.17) is 21.4 Å². The van der Waals surface area contributed by atoms with Crippen molar-refractivity contribution < 1.29 is 32.6 Å². The first-order valence-corrected chi connectivity index (χ1v) is 8.37. The molecule has 1 aromatic carbocycles. The molecule has 0 bridgehead atoms. The first kappa shape index (κ1) is 20.4. The van der Waals surface area contributed by atoms with Crippen molar-refractivity contribution in [3.8, 4) is 5.75 Å². The molecule has 0 aliphatic carbocycles. The number of alkyl halides is 3. The fourth-order valence-corrected chi connectivity index (χ4v) is 3.04. The van der Waals surface area contributed by atoms with Crippen LogP contribution in [0.4, 0.5) is 13.2 Å². The maximum absolute atomic E-state index is 13.3. The number of hydrogen-bond donors (Lipinski definition) is 1. The van der Waals surface area contributed by atoms with Crippen molar-refractivity contribution in [1.29, 1.82) is 0 Å². The van der Waals surface area contributed by atoms with Crippen LogP contribution in [-0.2, 0) is 9.59 Å². The summed E-state index contributed by atoms with van der Waals surface area (Å²) in [5.41, 5.74) is -2.94. The molecule has 2 atom stereocenters. The van der Waals surface area contributed by atoms with Crippen LogP contribution in [-0.4, -0.2) is 47.3 Å². The number of likely N-dealkylation sites (tertiary alicyclic amines) is 1. The van der Waals surface area contributed by atoms with Gasteiger partial charge in [-0.25, -0.2) is 0 Å². The summed E-state index contributed by atoms with van der Waals surface area (Å²) in [6, 6.07) is 6.31. The number of carbonyl (C=O) groups is 2. The van der Waals surface area contributed by atoms with Gasteiger partial charge >= 0.3 is 12.1 Å². The Bertz CT molecular complexity index is 695. The summed E-state index contributed by atoms with van der Waals surface area (Å²) in [4.78, 5) is 24.9. The number of carbonyl (C=O) groups excluding carboxylic acids is 1. The van der Waals surface area contributed by atoms with Crippen LogP contribution in [0.25, 0.3) is 0 Å². The Kier molecular flexibility index (Phi) is 5.75. The van der Waals surface area contributed by atoms with Crippen molar-refractivity contribution in [2.45, 2.75) is 32.5 Å². The largest absolute Gasteiger partial charge is 0.481 e. The predicted octanol–water partition coefficient (Wildman–Crippen LogP) is 3.61. The number of amides is 1. The van der Waals surface area contributed by atoms with E-state index in [9.17, 15) is 22.8 Å². The third-order valence-corrected chi connectivity index (χ3v) is 4.68. The van der Waals surface area contributed by atoms with E-state index in [1.807, 2.05) is 0 Å². The van der Waals surface area contributed by atoms with Gasteiger partial charge in [0, 0.05) is 18.1 Å². The molecule has 9 heteroatoms. The molecule has 0 saturated carbocycles. The minimum Gasteiger partial charge on any atom is -0.481 e. The number of halogens is 4. The molecule has 0 radical (unpaired) electrons. The minimum atomic E-state index is -4.95. The summed E-state index contributed by atoms with van der Waals surface area (Å²) in [6.45, 7) is 2.16. The number of hydrogen-bond acceptors (Lipinski definition) is 3. The van der Waals surface area contributed by atoms with Gasteiger partial charge in [0.1, 0.15) is 5.75 Å². The zero-order chi connectivity index (χ0) is 19.7. The van der Waals surface area contributed by atoms with E-state index >= 15 is 0 Å². The maximum Gasteiger partial charge on any atom is 0.406 e. The van der Waals surface area contributed by atoms with Crippen LogP contribution in [0.15, 0.2) is 24.3 Å². The zero-order valence-corrected chi connectivity index (χ0v) is 15.0. The molecule has 1 N–H and O–H groups in total. The Hall–Kier alpha value is -1.96. The van der Waals surface area contributed by atoms with Gasteiger partial charge in [0.05, 0.1) is 0 Å². The molecule has 1 saturated heterocycles. The maximum atomic E-state index is 13.3. The summed E-state index contributed by atoms with van der Waals surface area (Å²) < 4.78 is 45.5. The lowest BCUT2D eigenvalue weighted by Gasteiger charge is -2.29. The van der Waals surface area contributed by atoms with E-state index in [2.05, 4.69) is 0 Å². The minimum absolute atomic E-state index is 0.299. The molecular weight excluding hydrogens is 375 g/mol. The van der Waals surface area contributed by atoms with E-state index in [1.165, 1.54) is 6.07 Å². The number of ether oxygens (including phenoxy) is 1. The Balaban J connectivity index is 2.21. The number of rotatable bonds is 5. The van der Waals surface area contributed by atoms with Crippen molar-refractivity contribution in [3.05, 3.63) is 29.3 Å². The standard InChI is InChI=1S/C17H19ClF3NO4/c1-10(2)13(26-12-5-3-4-11(18)8-12)14(23)22-7-6-16(9-22,15(24)25)17(19,20)21/h3-5,8,10,13H,6-7,9H2,1-2H3,(H,24,25). The zero-order valence-electron chi connectivity index (χ0n) is 14.2. The molecule has 1 amide bonds. The summed E-state index contributed by atoms with van der Waals surface area (Å²) in [5.74, 6) is -2.68. The average Bonchev–Trinajstić information content (AvgIpc) is 2.98. The van der Waals surface area contributed by atoms with Crippen LogP contribution >= 0.6 is 11.6 Å². The van der Waals surface area contributed by atoms with Gasteiger partial charge in [-0.3, -0.25) is 9.59 Å². The molecule has 144 valence electrons. The smallest absolute Gasteiger partial charge is 0.406 e. The number of carboxylic acid groups (broad SMARTS) is 1. The van der Waals surface area contributed by atoms with Gasteiger partial charge in [0.25, 0.3) is 5.91 Å². The van der Waals surface area contributed by atoms with E-state index in [0.717, 1.165) is 4.90 Å². The second-order valence-corrected chi connectivity index (χ2v) is 7.07. The molecule has 1 aliphatic rings. The van der Waals surface area contributed by atoms with Crippen molar-refractivity contribution in [3.63, 3.8) is 0 Å². The van der Waals surface area contributed by atoms with Gasteiger partial charge in [-0.1, -0.05) is 31.5 Å². The number of benzene rings is 1. The van der Waals surface area contributed by atoms with Crippen LogP contribution in [0.5, 0.6) is 5.75 Å². The molecule has 2 unspecified atom stereocenters. The fraction of sp³-hybridized carbons (Fsp3) is 0.529. The molecule has 2 rings (SSSR count). The van der Waals surface area contributed by atoms with Crippen molar-refractivity contribution in [2.24, 2.45) is 11.3 Å². The highest BCUT2D eigenvalue weighted by molar-refractivity contribution is 6.30. The Morgan fingerprint density at radius 2 is 2.00 bits per heavy atom. The van der Waals surface area contributed by atoms with Crippen LogP contribution in [0.3, 0.4) is 0 Å². The van der Waals surface area contributed by atoms with Gasteiger partial charge in [-0.15, -0.1) is 0 Å². The number of carboxylic acids is 1. The Labute approximate surface area is 153 Å². The highest BCUT2D eigenvalue weighted by Gasteiger charge is 2.64. The van der Waals surface area contributed by atoms with Crippen LogP contribution in [0.1, 0.15) is 20.3 Å². The van der Waals surface area contributed by atoms with Gasteiger partial charge in [0.15, 0.2) is 11.5 Å². The van der Waals surface area contributed by atoms with Gasteiger partial charge in [0.2, 0.25) is 0 Å².